The van der Waals surface area contributed by atoms with Gasteiger partial charge in [0.1, 0.15) is 0 Å². The lowest BCUT2D eigenvalue weighted by Gasteiger charge is -2.18. The highest BCUT2D eigenvalue weighted by atomic mass is 16.5. The van der Waals surface area contributed by atoms with Crippen LogP contribution in [-0.2, 0) is 19.1 Å². The minimum absolute atomic E-state index is 0.218. The number of methoxy groups -OCH3 is 1. The minimum Gasteiger partial charge on any atom is -0.465 e. The molecule has 0 atom stereocenters. The first-order valence-corrected chi connectivity index (χ1v) is 9.15. The second kappa shape index (κ2) is 8.56. The number of allylic oxidation sites excluding steroid dienone is 1. The Morgan fingerprint density at radius 3 is 2.24 bits per heavy atom. The van der Waals surface area contributed by atoms with Crippen molar-refractivity contribution in [2.24, 2.45) is 0 Å². The fraction of sp³-hybridized carbons (Fsp3) is 0.174. The van der Waals surface area contributed by atoms with Gasteiger partial charge in [0.2, 0.25) is 0 Å². The van der Waals surface area contributed by atoms with Gasteiger partial charge in [-0.1, -0.05) is 30.3 Å². The highest BCUT2D eigenvalue weighted by Gasteiger charge is 2.37. The molecule has 148 valence electrons. The van der Waals surface area contributed by atoms with Crippen molar-refractivity contribution in [3.05, 3.63) is 82.6 Å². The number of nitrogens with zero attached hydrogens (tertiary/aromatic N) is 1. The molecule has 6 heteroatoms. The molecule has 29 heavy (non-hydrogen) atoms. The molecule has 1 aliphatic rings. The second-order valence-corrected chi connectivity index (χ2v) is 6.33. The maximum atomic E-state index is 13.2. The Kier molecular flexibility index (Phi) is 5.93. The highest BCUT2D eigenvalue weighted by Crippen LogP contribution is 2.35. The van der Waals surface area contributed by atoms with Gasteiger partial charge in [0.05, 0.1) is 30.4 Å². The summed E-state index contributed by atoms with van der Waals surface area (Å²) in [5.74, 6) is -1.35. The van der Waals surface area contributed by atoms with Crippen LogP contribution < -0.4 is 4.90 Å². The van der Waals surface area contributed by atoms with Gasteiger partial charge in [0, 0.05) is 11.4 Å². The molecule has 0 bridgehead atoms. The van der Waals surface area contributed by atoms with Crippen LogP contribution in [0.3, 0.4) is 0 Å². The first-order chi connectivity index (χ1) is 14.0. The molecule has 0 N–H and O–H groups in total. The Labute approximate surface area is 169 Å². The van der Waals surface area contributed by atoms with E-state index in [4.69, 9.17) is 9.47 Å². The van der Waals surface area contributed by atoms with Crippen molar-refractivity contribution in [1.29, 1.82) is 0 Å². The monoisotopic (exact) mass is 391 g/mol. The SMILES string of the molecule is CCOC(=O)c1ccc(N2C(=O)/C(=C\c3ccccc3)C(C(=O)OC)=C2C)cc1. The molecule has 1 amide bonds. The predicted octanol–water partition coefficient (Wildman–Crippen LogP) is 3.74. The lowest BCUT2D eigenvalue weighted by Crippen LogP contribution is -2.24. The third-order valence-electron chi connectivity index (χ3n) is 4.54. The van der Waals surface area contributed by atoms with E-state index in [0.29, 0.717) is 16.9 Å². The van der Waals surface area contributed by atoms with Gasteiger partial charge in [-0.2, -0.15) is 0 Å². The van der Waals surface area contributed by atoms with Gasteiger partial charge in [0.15, 0.2) is 0 Å². The molecule has 0 fully saturated rings. The molecule has 1 aliphatic heterocycles. The summed E-state index contributed by atoms with van der Waals surface area (Å²) in [6.07, 6.45) is 1.67. The van der Waals surface area contributed by atoms with E-state index in [-0.39, 0.29) is 23.7 Å². The maximum Gasteiger partial charge on any atom is 0.340 e. The van der Waals surface area contributed by atoms with Crippen LogP contribution >= 0.6 is 0 Å². The second-order valence-electron chi connectivity index (χ2n) is 6.33. The standard InChI is InChI=1S/C23H21NO5/c1-4-29-22(26)17-10-12-18(13-11-17)24-15(2)20(23(27)28-3)19(21(24)25)14-16-8-6-5-7-9-16/h5-14H,4H2,1-3H3/b19-14-. The van der Waals surface area contributed by atoms with Crippen LogP contribution in [0.1, 0.15) is 29.8 Å². The molecule has 1 heterocycles. The summed E-state index contributed by atoms with van der Waals surface area (Å²) >= 11 is 0. The molecule has 3 rings (SSSR count). The van der Waals surface area contributed by atoms with Crippen molar-refractivity contribution < 1.29 is 23.9 Å². The molecule has 0 spiro atoms. The lowest BCUT2D eigenvalue weighted by atomic mass is 10.0. The van der Waals surface area contributed by atoms with E-state index < -0.39 is 11.9 Å². The van der Waals surface area contributed by atoms with Crippen molar-refractivity contribution >= 4 is 29.6 Å². The lowest BCUT2D eigenvalue weighted by molar-refractivity contribution is -0.136. The number of rotatable bonds is 5. The van der Waals surface area contributed by atoms with Crippen LogP contribution in [0.2, 0.25) is 0 Å². The molecule has 0 radical (unpaired) electrons. The number of carbonyl (C=O) groups is 3. The van der Waals surface area contributed by atoms with E-state index >= 15 is 0 Å². The number of ether oxygens (including phenoxy) is 2. The van der Waals surface area contributed by atoms with Crippen LogP contribution in [0.4, 0.5) is 5.69 Å². The van der Waals surface area contributed by atoms with Gasteiger partial charge < -0.3 is 9.47 Å². The Morgan fingerprint density at radius 1 is 1.00 bits per heavy atom. The number of anilines is 1. The van der Waals surface area contributed by atoms with Crippen molar-refractivity contribution in [1.82, 2.24) is 0 Å². The molecule has 6 nitrogen and oxygen atoms in total. The van der Waals surface area contributed by atoms with Crippen molar-refractivity contribution in [2.45, 2.75) is 13.8 Å². The van der Waals surface area contributed by atoms with Gasteiger partial charge in [0.25, 0.3) is 5.91 Å². The van der Waals surface area contributed by atoms with Gasteiger partial charge in [-0.3, -0.25) is 9.69 Å². The summed E-state index contributed by atoms with van der Waals surface area (Å²) in [5, 5.41) is 0. The van der Waals surface area contributed by atoms with E-state index in [9.17, 15) is 14.4 Å². The van der Waals surface area contributed by atoms with Gasteiger partial charge in [-0.25, -0.2) is 9.59 Å². The number of esters is 2. The molecular formula is C23H21NO5. The van der Waals surface area contributed by atoms with Crippen molar-refractivity contribution in [2.75, 3.05) is 18.6 Å². The summed E-state index contributed by atoms with van der Waals surface area (Å²) in [4.78, 5) is 38.9. The van der Waals surface area contributed by atoms with E-state index in [0.717, 1.165) is 5.56 Å². The van der Waals surface area contributed by atoms with Crippen LogP contribution in [0.5, 0.6) is 0 Å². The Hall–Kier alpha value is -3.67. The Morgan fingerprint density at radius 2 is 1.66 bits per heavy atom. The zero-order chi connectivity index (χ0) is 21.0. The summed E-state index contributed by atoms with van der Waals surface area (Å²) in [7, 11) is 1.28. The topological polar surface area (TPSA) is 72.9 Å². The van der Waals surface area contributed by atoms with Crippen LogP contribution in [0.15, 0.2) is 71.4 Å². The molecule has 0 aliphatic carbocycles. The number of hydrogen-bond acceptors (Lipinski definition) is 5. The fourth-order valence-corrected chi connectivity index (χ4v) is 3.17. The minimum atomic E-state index is -0.580. The average molecular weight is 391 g/mol. The third kappa shape index (κ3) is 3.96. The largest absolute Gasteiger partial charge is 0.465 e. The van der Waals surface area contributed by atoms with Crippen LogP contribution in [0.25, 0.3) is 6.08 Å². The molecule has 0 unspecified atom stereocenters. The Balaban J connectivity index is 2.03. The van der Waals surface area contributed by atoms with E-state index in [1.807, 2.05) is 30.3 Å². The highest BCUT2D eigenvalue weighted by molar-refractivity contribution is 6.23. The van der Waals surface area contributed by atoms with Crippen LogP contribution in [-0.4, -0.2) is 31.6 Å². The Bertz CT molecular complexity index is 1000. The number of benzene rings is 2. The van der Waals surface area contributed by atoms with E-state index in [1.54, 1.807) is 44.2 Å². The average Bonchev–Trinajstić information content (AvgIpc) is 2.98. The third-order valence-corrected chi connectivity index (χ3v) is 4.54. The fourth-order valence-electron chi connectivity index (χ4n) is 3.17. The smallest absolute Gasteiger partial charge is 0.340 e. The maximum absolute atomic E-state index is 13.2. The molecule has 0 aromatic heterocycles. The molecule has 0 saturated carbocycles. The summed E-state index contributed by atoms with van der Waals surface area (Å²) in [5.41, 5.74) is 2.67. The molecule has 0 saturated heterocycles. The quantitative estimate of drug-likeness (QED) is 0.573. The first kappa shape index (κ1) is 20.1. The molecule has 2 aromatic carbocycles. The summed E-state index contributed by atoms with van der Waals surface area (Å²) in [6.45, 7) is 3.71. The van der Waals surface area contributed by atoms with Crippen molar-refractivity contribution in [3.63, 3.8) is 0 Å². The number of carbonyl (C=O) groups excluding carboxylic acids is 3. The molecule has 2 aromatic rings. The van der Waals surface area contributed by atoms with Crippen molar-refractivity contribution in [3.8, 4) is 0 Å². The van der Waals surface area contributed by atoms with Gasteiger partial charge in [-0.05, 0) is 49.8 Å². The zero-order valence-electron chi connectivity index (χ0n) is 16.5. The first-order valence-electron chi connectivity index (χ1n) is 9.15. The van der Waals surface area contributed by atoms with Gasteiger partial charge >= 0.3 is 11.9 Å². The predicted molar refractivity (Wildman–Crippen MR) is 109 cm³/mol. The summed E-state index contributed by atoms with van der Waals surface area (Å²) in [6, 6.07) is 15.7. The summed E-state index contributed by atoms with van der Waals surface area (Å²) < 4.78 is 9.89. The van der Waals surface area contributed by atoms with Crippen LogP contribution in [0, 0.1) is 0 Å². The van der Waals surface area contributed by atoms with E-state index in [2.05, 4.69) is 0 Å². The zero-order valence-corrected chi connectivity index (χ0v) is 16.5. The number of hydrogen-bond donors (Lipinski definition) is 0. The van der Waals surface area contributed by atoms with E-state index in [1.165, 1.54) is 12.0 Å². The molecular weight excluding hydrogens is 370 g/mol. The normalized spacial score (nSPS) is 15.1. The number of amides is 1. The van der Waals surface area contributed by atoms with Gasteiger partial charge in [-0.15, -0.1) is 0 Å².